The Balaban J connectivity index is 3.31. The van der Waals surface area contributed by atoms with Crippen molar-refractivity contribution in [3.05, 3.63) is 23.8 Å². The summed E-state index contributed by atoms with van der Waals surface area (Å²) in [6, 6.07) is 5.06. The maximum absolute atomic E-state index is 12.6. The zero-order chi connectivity index (χ0) is 14.1. The predicted molar refractivity (Wildman–Crippen MR) is 74.8 cm³/mol. The van der Waals surface area contributed by atoms with Gasteiger partial charge in [-0.2, -0.15) is 4.31 Å². The van der Waals surface area contributed by atoms with E-state index >= 15 is 0 Å². The highest BCUT2D eigenvalue weighted by molar-refractivity contribution is 7.89. The van der Waals surface area contributed by atoms with Crippen LogP contribution in [0.15, 0.2) is 23.1 Å². The van der Waals surface area contributed by atoms with Gasteiger partial charge < -0.3 is 5.73 Å². The number of benzene rings is 1. The van der Waals surface area contributed by atoms with Crippen molar-refractivity contribution in [2.75, 3.05) is 12.8 Å². The van der Waals surface area contributed by atoms with Crippen LogP contribution in [0, 0.1) is 12.8 Å². The van der Waals surface area contributed by atoms with Crippen LogP contribution in [0.25, 0.3) is 0 Å². The van der Waals surface area contributed by atoms with E-state index in [0.717, 1.165) is 0 Å². The van der Waals surface area contributed by atoms with Crippen LogP contribution >= 0.6 is 0 Å². The van der Waals surface area contributed by atoms with Crippen molar-refractivity contribution in [2.45, 2.75) is 38.6 Å². The number of rotatable bonds is 4. The summed E-state index contributed by atoms with van der Waals surface area (Å²) in [6.45, 7) is 7.66. The molecule has 0 bridgehead atoms. The molecule has 0 saturated heterocycles. The van der Waals surface area contributed by atoms with Crippen LogP contribution in [0.2, 0.25) is 0 Å². The van der Waals surface area contributed by atoms with Gasteiger partial charge in [-0.05, 0) is 31.4 Å². The molecule has 0 fully saturated rings. The smallest absolute Gasteiger partial charge is 0.245 e. The molecule has 1 atom stereocenters. The molecule has 0 radical (unpaired) electrons. The maximum Gasteiger partial charge on any atom is 0.245 e. The fraction of sp³-hybridized carbons (Fsp3) is 0.538. The van der Waals surface area contributed by atoms with E-state index < -0.39 is 10.0 Å². The van der Waals surface area contributed by atoms with Gasteiger partial charge in [0.05, 0.1) is 5.69 Å². The molecule has 1 rings (SSSR count). The van der Waals surface area contributed by atoms with Crippen molar-refractivity contribution >= 4 is 15.7 Å². The summed E-state index contributed by atoms with van der Waals surface area (Å²) in [6.07, 6.45) is 0. The second kappa shape index (κ2) is 5.28. The number of hydrogen-bond acceptors (Lipinski definition) is 3. The van der Waals surface area contributed by atoms with Gasteiger partial charge in [-0.15, -0.1) is 0 Å². The highest BCUT2D eigenvalue weighted by atomic mass is 32.2. The van der Waals surface area contributed by atoms with Gasteiger partial charge in [0.15, 0.2) is 0 Å². The van der Waals surface area contributed by atoms with Crippen LogP contribution in [0.3, 0.4) is 0 Å². The van der Waals surface area contributed by atoms with Gasteiger partial charge in [0.2, 0.25) is 10.0 Å². The molecule has 0 saturated carbocycles. The Morgan fingerprint density at radius 2 is 1.78 bits per heavy atom. The van der Waals surface area contributed by atoms with Crippen molar-refractivity contribution in [2.24, 2.45) is 5.92 Å². The first-order valence-electron chi connectivity index (χ1n) is 6.02. The summed E-state index contributed by atoms with van der Waals surface area (Å²) >= 11 is 0. The van der Waals surface area contributed by atoms with Crippen molar-refractivity contribution < 1.29 is 8.42 Å². The molecule has 0 amide bonds. The summed E-state index contributed by atoms with van der Waals surface area (Å²) in [4.78, 5) is 0.222. The Morgan fingerprint density at radius 1 is 1.22 bits per heavy atom. The SMILES string of the molecule is Cc1cccc(N)c1S(=O)(=O)N(C)C(C)C(C)C. The molecular formula is C13H22N2O2S. The van der Waals surface area contributed by atoms with E-state index in [4.69, 9.17) is 5.73 Å². The first-order valence-corrected chi connectivity index (χ1v) is 7.46. The largest absolute Gasteiger partial charge is 0.398 e. The highest BCUT2D eigenvalue weighted by Crippen LogP contribution is 2.27. The number of aryl methyl sites for hydroxylation is 1. The van der Waals surface area contributed by atoms with Gasteiger partial charge >= 0.3 is 0 Å². The van der Waals surface area contributed by atoms with Crippen molar-refractivity contribution in [1.82, 2.24) is 4.31 Å². The van der Waals surface area contributed by atoms with E-state index in [-0.39, 0.29) is 16.9 Å². The van der Waals surface area contributed by atoms with E-state index in [1.165, 1.54) is 4.31 Å². The maximum atomic E-state index is 12.6. The van der Waals surface area contributed by atoms with Crippen molar-refractivity contribution in [3.8, 4) is 0 Å². The van der Waals surface area contributed by atoms with Gasteiger partial charge in [-0.1, -0.05) is 26.0 Å². The van der Waals surface area contributed by atoms with Gasteiger partial charge in [0.1, 0.15) is 4.90 Å². The minimum absolute atomic E-state index is 0.0750. The monoisotopic (exact) mass is 270 g/mol. The molecule has 0 heterocycles. The molecule has 0 spiro atoms. The summed E-state index contributed by atoms with van der Waals surface area (Å²) in [5.41, 5.74) is 6.80. The minimum Gasteiger partial charge on any atom is -0.398 e. The van der Waals surface area contributed by atoms with Gasteiger partial charge in [0, 0.05) is 13.1 Å². The molecule has 2 N–H and O–H groups in total. The number of nitrogens with zero attached hydrogens (tertiary/aromatic N) is 1. The molecule has 0 aliphatic carbocycles. The average Bonchev–Trinajstić information content (AvgIpc) is 2.26. The lowest BCUT2D eigenvalue weighted by molar-refractivity contribution is 0.316. The van der Waals surface area contributed by atoms with Crippen LogP contribution in [0.4, 0.5) is 5.69 Å². The van der Waals surface area contributed by atoms with Gasteiger partial charge in [0.25, 0.3) is 0 Å². The van der Waals surface area contributed by atoms with Crippen LogP contribution in [-0.2, 0) is 10.0 Å². The predicted octanol–water partition coefficient (Wildman–Crippen LogP) is 2.24. The molecule has 0 aliphatic heterocycles. The van der Waals surface area contributed by atoms with Crippen LogP contribution < -0.4 is 5.73 Å². The molecule has 0 aromatic heterocycles. The van der Waals surface area contributed by atoms with E-state index in [0.29, 0.717) is 11.3 Å². The molecule has 0 aliphatic rings. The molecule has 5 heteroatoms. The molecule has 4 nitrogen and oxygen atoms in total. The lowest BCUT2D eigenvalue weighted by atomic mass is 10.1. The zero-order valence-electron chi connectivity index (χ0n) is 11.6. The third kappa shape index (κ3) is 2.67. The number of hydrogen-bond donors (Lipinski definition) is 1. The number of anilines is 1. The van der Waals surface area contributed by atoms with Gasteiger partial charge in [-0.25, -0.2) is 8.42 Å². The molecule has 102 valence electrons. The Bertz CT molecular complexity index is 504. The van der Waals surface area contributed by atoms with E-state index in [1.54, 1.807) is 32.2 Å². The zero-order valence-corrected chi connectivity index (χ0v) is 12.5. The molecule has 1 aromatic rings. The summed E-state index contributed by atoms with van der Waals surface area (Å²) in [5, 5.41) is 0. The summed E-state index contributed by atoms with van der Waals surface area (Å²) in [5.74, 6) is 0.245. The fourth-order valence-corrected chi connectivity index (χ4v) is 3.62. The Kier molecular flexibility index (Phi) is 4.40. The average molecular weight is 270 g/mol. The lowest BCUT2D eigenvalue weighted by Crippen LogP contribution is -2.38. The quantitative estimate of drug-likeness (QED) is 0.853. The lowest BCUT2D eigenvalue weighted by Gasteiger charge is -2.28. The second-order valence-electron chi connectivity index (χ2n) is 5.00. The van der Waals surface area contributed by atoms with Crippen LogP contribution in [-0.4, -0.2) is 25.8 Å². The third-order valence-corrected chi connectivity index (χ3v) is 5.58. The number of nitrogens with two attached hydrogens (primary N) is 1. The third-order valence-electron chi connectivity index (χ3n) is 3.42. The van der Waals surface area contributed by atoms with E-state index in [1.807, 2.05) is 20.8 Å². The standard InChI is InChI=1S/C13H22N2O2S/c1-9(2)11(4)15(5)18(16,17)13-10(3)7-6-8-12(13)14/h6-9,11H,14H2,1-5H3. The topological polar surface area (TPSA) is 63.4 Å². The van der Waals surface area contributed by atoms with Crippen molar-refractivity contribution in [1.29, 1.82) is 0 Å². The minimum atomic E-state index is -3.54. The van der Waals surface area contributed by atoms with E-state index in [2.05, 4.69) is 0 Å². The number of nitrogen functional groups attached to an aromatic ring is 1. The Labute approximate surface area is 110 Å². The van der Waals surface area contributed by atoms with Gasteiger partial charge in [-0.3, -0.25) is 0 Å². The molecule has 1 unspecified atom stereocenters. The Morgan fingerprint density at radius 3 is 2.22 bits per heavy atom. The first-order chi connectivity index (χ1) is 8.19. The summed E-state index contributed by atoms with van der Waals surface area (Å²) < 4.78 is 26.5. The van der Waals surface area contributed by atoms with E-state index in [9.17, 15) is 8.42 Å². The summed E-state index contributed by atoms with van der Waals surface area (Å²) in [7, 11) is -1.93. The second-order valence-corrected chi connectivity index (χ2v) is 6.93. The van der Waals surface area contributed by atoms with Crippen LogP contribution in [0.1, 0.15) is 26.3 Å². The normalized spacial score (nSPS) is 14.2. The first kappa shape index (κ1) is 15.0. The molecule has 18 heavy (non-hydrogen) atoms. The molecular weight excluding hydrogens is 248 g/mol. The van der Waals surface area contributed by atoms with Crippen LogP contribution in [0.5, 0.6) is 0 Å². The fourth-order valence-electron chi connectivity index (χ4n) is 1.81. The Hall–Kier alpha value is -1.07. The molecule has 1 aromatic carbocycles. The number of sulfonamides is 1. The van der Waals surface area contributed by atoms with Crippen molar-refractivity contribution in [3.63, 3.8) is 0 Å². The highest BCUT2D eigenvalue weighted by Gasteiger charge is 2.29.